The lowest BCUT2D eigenvalue weighted by atomic mass is 9.46. The van der Waals surface area contributed by atoms with Gasteiger partial charge in [0.05, 0.1) is 11.8 Å². The minimum absolute atomic E-state index is 0.107. The molecule has 0 amide bonds. The molecule has 0 unspecified atom stereocenters. The van der Waals surface area contributed by atoms with Crippen LogP contribution < -0.4 is 0 Å². The minimum Gasteiger partial charge on any atom is -0.465 e. The average molecular weight is 417 g/mol. The molecule has 30 heavy (non-hydrogen) atoms. The Kier molecular flexibility index (Phi) is 6.25. The predicted molar refractivity (Wildman–Crippen MR) is 111 cm³/mol. The zero-order valence-electron chi connectivity index (χ0n) is 18.4. The Morgan fingerprint density at radius 1 is 1.27 bits per heavy atom. The van der Waals surface area contributed by atoms with Gasteiger partial charge in [-0.1, -0.05) is 32.1 Å². The highest BCUT2D eigenvalue weighted by Crippen LogP contribution is 2.62. The van der Waals surface area contributed by atoms with E-state index in [0.29, 0.717) is 18.4 Å². The molecular weight excluding hydrogens is 384 g/mol. The summed E-state index contributed by atoms with van der Waals surface area (Å²) in [5, 5.41) is 0. The lowest BCUT2D eigenvalue weighted by Crippen LogP contribution is -2.58. The van der Waals surface area contributed by atoms with Gasteiger partial charge in [-0.15, -0.1) is 0 Å². The number of allylic oxidation sites excluding steroid dienone is 2. The number of carbonyl (C=O) groups excluding carboxylic acids is 3. The van der Waals surface area contributed by atoms with Crippen LogP contribution in [0.5, 0.6) is 0 Å². The van der Waals surface area contributed by atoms with Crippen molar-refractivity contribution in [3.05, 3.63) is 36.1 Å². The van der Waals surface area contributed by atoms with E-state index >= 15 is 0 Å². The van der Waals surface area contributed by atoms with E-state index in [2.05, 4.69) is 20.4 Å². The van der Waals surface area contributed by atoms with Gasteiger partial charge in [-0.05, 0) is 55.4 Å². The molecule has 3 aliphatic rings. The zero-order chi connectivity index (χ0) is 22.1. The van der Waals surface area contributed by atoms with E-state index in [0.717, 1.165) is 19.3 Å². The minimum atomic E-state index is -0.484. The van der Waals surface area contributed by atoms with Crippen LogP contribution in [0.2, 0.25) is 0 Å². The lowest BCUT2D eigenvalue weighted by molar-refractivity contribution is -0.191. The highest BCUT2D eigenvalue weighted by molar-refractivity contribution is 5.94. The number of carbonyl (C=O) groups is 3. The highest BCUT2D eigenvalue weighted by Gasteiger charge is 2.59. The van der Waals surface area contributed by atoms with Gasteiger partial charge in [-0.25, -0.2) is 4.79 Å². The molecule has 0 N–H and O–H groups in total. The first-order chi connectivity index (χ1) is 14.1. The third kappa shape index (κ3) is 4.09. The molecule has 0 bridgehead atoms. The summed E-state index contributed by atoms with van der Waals surface area (Å²) in [6.45, 7) is 11.7. The molecule has 0 spiro atoms. The maximum absolute atomic E-state index is 11.8. The van der Waals surface area contributed by atoms with Crippen molar-refractivity contribution in [1.29, 1.82) is 0 Å². The second-order valence-corrected chi connectivity index (χ2v) is 9.33. The predicted octanol–water partition coefficient (Wildman–Crippen LogP) is 4.26. The fourth-order valence-electron chi connectivity index (χ4n) is 5.95. The highest BCUT2D eigenvalue weighted by atomic mass is 16.6. The number of hydrogen-bond donors (Lipinski definition) is 0. The summed E-state index contributed by atoms with van der Waals surface area (Å²) in [5.74, 6) is -0.608. The first kappa shape index (κ1) is 22.3. The fourth-order valence-corrected chi connectivity index (χ4v) is 5.95. The summed E-state index contributed by atoms with van der Waals surface area (Å²) in [7, 11) is 0. The third-order valence-electron chi connectivity index (χ3n) is 7.44. The molecule has 3 rings (SSSR count). The van der Waals surface area contributed by atoms with Gasteiger partial charge in [0.15, 0.2) is 0 Å². The summed E-state index contributed by atoms with van der Waals surface area (Å²) in [4.78, 5) is 35.2. The number of hydrogen-bond acceptors (Lipinski definition) is 6. The molecule has 2 fully saturated rings. The molecule has 164 valence electrons. The van der Waals surface area contributed by atoms with Crippen molar-refractivity contribution in [2.75, 3.05) is 6.61 Å². The van der Waals surface area contributed by atoms with Crippen molar-refractivity contribution in [3.63, 3.8) is 0 Å². The fraction of sp³-hybridized carbons (Fsp3) is 0.625. The average Bonchev–Trinajstić information content (AvgIpc) is 3.07. The standard InChI is InChI=1S/C24H32O6/c1-15-6-9-20-23(4,19(15)8-7-18-11-13-28-22(18)27)12-10-21(30-17(3)26)24(20,5)14-29-16(2)25/h7,11,13,19-21H,1,6,8-10,12,14H2,2-5H3/b18-7+/t19-,20+,21-,23+,24+/m1/s1. The van der Waals surface area contributed by atoms with E-state index in [1.807, 2.05) is 6.08 Å². The summed E-state index contributed by atoms with van der Waals surface area (Å²) in [6, 6.07) is 0. The van der Waals surface area contributed by atoms with Crippen molar-refractivity contribution in [2.45, 2.75) is 65.9 Å². The van der Waals surface area contributed by atoms with E-state index in [1.54, 1.807) is 6.08 Å². The molecule has 0 saturated heterocycles. The number of cyclic esters (lactones) is 1. The number of rotatable bonds is 5. The number of esters is 3. The van der Waals surface area contributed by atoms with Gasteiger partial charge in [-0.2, -0.15) is 0 Å². The molecule has 2 aliphatic carbocycles. The van der Waals surface area contributed by atoms with Crippen molar-refractivity contribution >= 4 is 17.9 Å². The van der Waals surface area contributed by atoms with Crippen LogP contribution in [0.25, 0.3) is 0 Å². The Labute approximate surface area is 178 Å². The molecule has 0 radical (unpaired) electrons. The Morgan fingerprint density at radius 3 is 2.60 bits per heavy atom. The second kappa shape index (κ2) is 8.40. The van der Waals surface area contributed by atoms with E-state index in [-0.39, 0.29) is 47.9 Å². The van der Waals surface area contributed by atoms with Crippen LogP contribution in [0.4, 0.5) is 0 Å². The Balaban J connectivity index is 1.92. The van der Waals surface area contributed by atoms with Crippen LogP contribution in [0.15, 0.2) is 36.1 Å². The van der Waals surface area contributed by atoms with Gasteiger partial charge in [-0.3, -0.25) is 9.59 Å². The van der Waals surface area contributed by atoms with Gasteiger partial charge in [0.1, 0.15) is 12.7 Å². The first-order valence-corrected chi connectivity index (χ1v) is 10.6. The van der Waals surface area contributed by atoms with Gasteiger partial charge in [0.2, 0.25) is 0 Å². The van der Waals surface area contributed by atoms with Crippen molar-refractivity contribution in [1.82, 2.24) is 0 Å². The Hall–Kier alpha value is -2.37. The smallest absolute Gasteiger partial charge is 0.342 e. The number of fused-ring (bicyclic) bond motifs is 1. The first-order valence-electron chi connectivity index (χ1n) is 10.6. The van der Waals surface area contributed by atoms with Crippen LogP contribution in [0.3, 0.4) is 0 Å². The normalized spacial score (nSPS) is 36.9. The molecule has 0 aromatic carbocycles. The molecule has 0 aromatic heterocycles. The van der Waals surface area contributed by atoms with Crippen molar-refractivity contribution in [3.8, 4) is 0 Å². The molecule has 6 nitrogen and oxygen atoms in total. The topological polar surface area (TPSA) is 78.9 Å². The van der Waals surface area contributed by atoms with E-state index in [1.165, 1.54) is 25.7 Å². The maximum atomic E-state index is 11.8. The van der Waals surface area contributed by atoms with Crippen LogP contribution in [0, 0.1) is 22.7 Å². The third-order valence-corrected chi connectivity index (χ3v) is 7.44. The molecule has 1 aliphatic heterocycles. The summed E-state index contributed by atoms with van der Waals surface area (Å²) < 4.78 is 16.1. The largest absolute Gasteiger partial charge is 0.465 e. The molecule has 2 saturated carbocycles. The quantitative estimate of drug-likeness (QED) is 0.288. The maximum Gasteiger partial charge on any atom is 0.342 e. The summed E-state index contributed by atoms with van der Waals surface area (Å²) in [6.07, 6.45) is 8.78. The second-order valence-electron chi connectivity index (χ2n) is 9.33. The summed E-state index contributed by atoms with van der Waals surface area (Å²) >= 11 is 0. The van der Waals surface area contributed by atoms with Gasteiger partial charge in [0.25, 0.3) is 0 Å². The van der Waals surface area contributed by atoms with Crippen LogP contribution in [-0.4, -0.2) is 30.6 Å². The van der Waals surface area contributed by atoms with Crippen molar-refractivity contribution < 1.29 is 28.6 Å². The molecule has 1 heterocycles. The van der Waals surface area contributed by atoms with Crippen LogP contribution in [-0.2, 0) is 28.6 Å². The number of ether oxygens (including phenoxy) is 3. The zero-order valence-corrected chi connectivity index (χ0v) is 18.4. The van der Waals surface area contributed by atoms with Crippen LogP contribution >= 0.6 is 0 Å². The lowest BCUT2D eigenvalue weighted by Gasteiger charge is -2.60. The van der Waals surface area contributed by atoms with Gasteiger partial charge < -0.3 is 14.2 Å². The van der Waals surface area contributed by atoms with E-state index < -0.39 is 5.41 Å². The van der Waals surface area contributed by atoms with E-state index in [4.69, 9.17) is 14.2 Å². The molecule has 0 aromatic rings. The van der Waals surface area contributed by atoms with Crippen LogP contribution in [0.1, 0.15) is 59.8 Å². The van der Waals surface area contributed by atoms with E-state index in [9.17, 15) is 14.4 Å². The molecule has 6 heteroatoms. The Morgan fingerprint density at radius 2 is 2.00 bits per heavy atom. The SMILES string of the molecule is C=C1CC[C@@H]2[C@](C)(COC(C)=O)[C@H](OC(C)=O)CC[C@@]2(C)[C@@H]1C/C=C1\C=COC1=O. The Bertz CT molecular complexity index is 809. The van der Waals surface area contributed by atoms with Crippen molar-refractivity contribution in [2.24, 2.45) is 22.7 Å². The molecular formula is C24H32O6. The molecule has 5 atom stereocenters. The van der Waals surface area contributed by atoms with Gasteiger partial charge in [0, 0.05) is 19.3 Å². The monoisotopic (exact) mass is 416 g/mol. The van der Waals surface area contributed by atoms with Gasteiger partial charge >= 0.3 is 17.9 Å². The summed E-state index contributed by atoms with van der Waals surface area (Å²) in [5.41, 5.74) is 1.17.